The minimum atomic E-state index is 0.533. The van der Waals surface area contributed by atoms with Crippen molar-refractivity contribution in [3.05, 3.63) is 52.3 Å². The van der Waals surface area contributed by atoms with Gasteiger partial charge < -0.3 is 0 Å². The van der Waals surface area contributed by atoms with Gasteiger partial charge >= 0.3 is 0 Å². The van der Waals surface area contributed by atoms with Crippen molar-refractivity contribution in [2.75, 3.05) is 5.43 Å². The Morgan fingerprint density at radius 2 is 1.95 bits per heavy atom. The van der Waals surface area contributed by atoms with Crippen LogP contribution in [0.2, 0.25) is 10.0 Å². The Balaban J connectivity index is 1.80. The Bertz CT molecular complexity index is 762. The van der Waals surface area contributed by atoms with E-state index in [9.17, 15) is 0 Å². The third kappa shape index (κ3) is 2.56. The van der Waals surface area contributed by atoms with Gasteiger partial charge in [-0.3, -0.25) is 5.43 Å². The number of anilines is 1. The first-order valence-electron chi connectivity index (χ1n) is 5.64. The first kappa shape index (κ1) is 12.8. The molecule has 0 aliphatic rings. The third-order valence-corrected chi connectivity index (χ3v) is 3.19. The van der Waals surface area contributed by atoms with Gasteiger partial charge in [-0.15, -0.1) is 15.3 Å². The van der Waals surface area contributed by atoms with Gasteiger partial charge in [0.15, 0.2) is 11.5 Å². The molecule has 0 radical (unpaired) electrons. The fourth-order valence-corrected chi connectivity index (χ4v) is 2.08. The Morgan fingerprint density at radius 1 is 1.15 bits per heavy atom. The topological polar surface area (TPSA) is 67.5 Å². The van der Waals surface area contributed by atoms with Gasteiger partial charge in [-0.1, -0.05) is 29.3 Å². The maximum absolute atomic E-state index is 6.03. The van der Waals surface area contributed by atoms with Crippen molar-refractivity contribution in [2.24, 2.45) is 5.10 Å². The summed E-state index contributed by atoms with van der Waals surface area (Å²) in [7, 11) is 0. The van der Waals surface area contributed by atoms with E-state index in [0.717, 1.165) is 0 Å². The van der Waals surface area contributed by atoms with Crippen molar-refractivity contribution >= 4 is 40.9 Å². The number of nitrogens with one attached hydrogen (secondary N) is 1. The number of rotatable bonds is 3. The molecule has 0 spiro atoms. The summed E-state index contributed by atoms with van der Waals surface area (Å²) in [6.07, 6.45) is 3.05. The summed E-state index contributed by atoms with van der Waals surface area (Å²) < 4.78 is 1.54. The van der Waals surface area contributed by atoms with Crippen LogP contribution in [0.15, 0.2) is 41.8 Å². The molecule has 0 bridgehead atoms. The lowest BCUT2D eigenvalue weighted by molar-refractivity contribution is 0.925. The summed E-state index contributed by atoms with van der Waals surface area (Å²) in [5, 5.41) is 16.9. The summed E-state index contributed by atoms with van der Waals surface area (Å²) in [6, 6.07) is 8.79. The van der Waals surface area contributed by atoms with E-state index in [1.165, 1.54) is 6.33 Å². The lowest BCUT2D eigenvalue weighted by Gasteiger charge is -2.01. The molecular weight excluding hydrogens is 299 g/mol. The van der Waals surface area contributed by atoms with Crippen molar-refractivity contribution in [2.45, 2.75) is 0 Å². The van der Waals surface area contributed by atoms with Gasteiger partial charge in [-0.25, -0.2) is 0 Å². The molecular formula is C12H8Cl2N6. The van der Waals surface area contributed by atoms with E-state index in [2.05, 4.69) is 25.8 Å². The molecule has 0 saturated heterocycles. The monoisotopic (exact) mass is 306 g/mol. The van der Waals surface area contributed by atoms with E-state index in [1.54, 1.807) is 41.1 Å². The largest absolute Gasteiger partial charge is 0.260 e. The Morgan fingerprint density at radius 3 is 2.75 bits per heavy atom. The third-order valence-electron chi connectivity index (χ3n) is 2.53. The number of hydrogen-bond acceptors (Lipinski definition) is 5. The number of benzene rings is 1. The summed E-state index contributed by atoms with van der Waals surface area (Å²) in [4.78, 5) is 0. The molecule has 20 heavy (non-hydrogen) atoms. The van der Waals surface area contributed by atoms with Crippen molar-refractivity contribution in [3.8, 4) is 0 Å². The molecule has 0 saturated carbocycles. The molecule has 1 N–H and O–H groups in total. The number of hydrazone groups is 1. The molecule has 0 unspecified atom stereocenters. The van der Waals surface area contributed by atoms with Crippen LogP contribution < -0.4 is 5.43 Å². The summed E-state index contributed by atoms with van der Waals surface area (Å²) in [5.74, 6) is 0.553. The number of fused-ring (bicyclic) bond motifs is 1. The van der Waals surface area contributed by atoms with E-state index in [4.69, 9.17) is 23.2 Å². The molecule has 0 fully saturated rings. The predicted molar refractivity (Wildman–Crippen MR) is 78.5 cm³/mol. The van der Waals surface area contributed by atoms with Crippen LogP contribution in [0.5, 0.6) is 0 Å². The molecule has 2 heterocycles. The summed E-state index contributed by atoms with van der Waals surface area (Å²) in [6.45, 7) is 0. The molecule has 3 aromatic rings. The molecule has 6 nitrogen and oxygen atoms in total. The molecule has 0 amide bonds. The van der Waals surface area contributed by atoms with Crippen molar-refractivity contribution in [1.82, 2.24) is 19.8 Å². The highest BCUT2D eigenvalue weighted by Gasteiger charge is 2.02. The lowest BCUT2D eigenvalue weighted by atomic mass is 10.2. The van der Waals surface area contributed by atoms with Crippen LogP contribution in [0.3, 0.4) is 0 Å². The second-order valence-corrected chi connectivity index (χ2v) is 4.67. The maximum Gasteiger partial charge on any atom is 0.177 e. The highest BCUT2D eigenvalue weighted by Crippen LogP contribution is 2.22. The van der Waals surface area contributed by atoms with Crippen LogP contribution in [0, 0.1) is 0 Å². The summed E-state index contributed by atoms with van der Waals surface area (Å²) >= 11 is 12.1. The van der Waals surface area contributed by atoms with Crippen LogP contribution in [-0.2, 0) is 0 Å². The van der Waals surface area contributed by atoms with Gasteiger partial charge in [-0.05, 0) is 24.3 Å². The zero-order valence-electron chi connectivity index (χ0n) is 10.0. The van der Waals surface area contributed by atoms with E-state index in [0.29, 0.717) is 27.1 Å². The molecule has 8 heteroatoms. The molecule has 0 atom stereocenters. The van der Waals surface area contributed by atoms with Crippen molar-refractivity contribution in [1.29, 1.82) is 0 Å². The lowest BCUT2D eigenvalue weighted by Crippen LogP contribution is -1.98. The summed E-state index contributed by atoms with van der Waals surface area (Å²) in [5.41, 5.74) is 4.10. The van der Waals surface area contributed by atoms with Gasteiger partial charge in [-0.2, -0.15) is 9.62 Å². The Hall–Kier alpha value is -2.18. The van der Waals surface area contributed by atoms with E-state index >= 15 is 0 Å². The standard InChI is InChI=1S/C12H8Cl2N6/c13-9-2-1-3-10(14)8(9)6-15-17-11-4-5-12-18-16-7-20(12)19-11/h1-7H,(H,17,19). The van der Waals surface area contributed by atoms with Gasteiger partial charge in [0.25, 0.3) is 0 Å². The first-order chi connectivity index (χ1) is 9.74. The number of hydrogen-bond donors (Lipinski definition) is 1. The number of halogens is 2. The SMILES string of the molecule is Clc1cccc(Cl)c1C=NNc1ccc2nncn2n1. The highest BCUT2D eigenvalue weighted by atomic mass is 35.5. The van der Waals surface area contributed by atoms with Crippen LogP contribution in [0.25, 0.3) is 5.65 Å². The van der Waals surface area contributed by atoms with E-state index in [1.807, 2.05) is 0 Å². The van der Waals surface area contributed by atoms with Crippen LogP contribution >= 0.6 is 23.2 Å². The highest BCUT2D eigenvalue weighted by molar-refractivity contribution is 6.38. The maximum atomic E-state index is 6.03. The normalized spacial score (nSPS) is 11.3. The van der Waals surface area contributed by atoms with Gasteiger partial charge in [0.1, 0.15) is 6.33 Å². The molecule has 0 aliphatic heterocycles. The van der Waals surface area contributed by atoms with Crippen LogP contribution in [-0.4, -0.2) is 26.0 Å². The molecule has 1 aromatic carbocycles. The fraction of sp³-hybridized carbons (Fsp3) is 0. The Kier molecular flexibility index (Phi) is 3.49. The zero-order chi connectivity index (χ0) is 13.9. The fourth-order valence-electron chi connectivity index (χ4n) is 1.59. The number of aromatic nitrogens is 4. The average Bonchev–Trinajstić information content (AvgIpc) is 2.89. The van der Waals surface area contributed by atoms with Gasteiger partial charge in [0.2, 0.25) is 0 Å². The second kappa shape index (κ2) is 5.44. The van der Waals surface area contributed by atoms with Gasteiger partial charge in [0.05, 0.1) is 16.3 Å². The predicted octanol–water partition coefficient (Wildman–Crippen LogP) is 2.88. The molecule has 0 aliphatic carbocycles. The van der Waals surface area contributed by atoms with Crippen LogP contribution in [0.4, 0.5) is 5.82 Å². The van der Waals surface area contributed by atoms with Crippen molar-refractivity contribution < 1.29 is 0 Å². The quantitative estimate of drug-likeness (QED) is 0.597. The van der Waals surface area contributed by atoms with E-state index in [-0.39, 0.29) is 0 Å². The molecule has 2 aromatic heterocycles. The molecule has 100 valence electrons. The van der Waals surface area contributed by atoms with E-state index < -0.39 is 0 Å². The average molecular weight is 307 g/mol. The van der Waals surface area contributed by atoms with Crippen molar-refractivity contribution in [3.63, 3.8) is 0 Å². The van der Waals surface area contributed by atoms with Crippen LogP contribution in [0.1, 0.15) is 5.56 Å². The number of nitrogens with zero attached hydrogens (tertiary/aromatic N) is 5. The molecule has 3 rings (SSSR count). The zero-order valence-corrected chi connectivity index (χ0v) is 11.5. The first-order valence-corrected chi connectivity index (χ1v) is 6.40. The second-order valence-electron chi connectivity index (χ2n) is 3.86. The minimum Gasteiger partial charge on any atom is -0.260 e. The van der Waals surface area contributed by atoms with Gasteiger partial charge in [0, 0.05) is 5.56 Å². The Labute approximate surface area is 124 Å². The smallest absolute Gasteiger partial charge is 0.177 e. The minimum absolute atomic E-state index is 0.533.